The Morgan fingerprint density at radius 2 is 2.17 bits per heavy atom. The minimum atomic E-state index is -4.30. The molecule has 1 aliphatic heterocycles. The van der Waals surface area contributed by atoms with Crippen molar-refractivity contribution in [2.45, 2.75) is 32.0 Å². The van der Waals surface area contributed by atoms with Crippen LogP contribution in [0.5, 0.6) is 0 Å². The average Bonchev–Trinajstić information content (AvgIpc) is 2.79. The number of hydrogen-bond acceptors (Lipinski definition) is 2. The van der Waals surface area contributed by atoms with E-state index in [9.17, 15) is 13.2 Å². The predicted octanol–water partition coefficient (Wildman–Crippen LogP) is 3.60. The third kappa shape index (κ3) is 3.16. The summed E-state index contributed by atoms with van der Waals surface area (Å²) in [5.74, 6) is 0. The second-order valence-corrected chi connectivity index (χ2v) is 4.54. The quantitative estimate of drug-likeness (QED) is 0.895. The van der Waals surface area contributed by atoms with Crippen LogP contribution in [0.15, 0.2) is 18.2 Å². The molecule has 0 saturated carbocycles. The van der Waals surface area contributed by atoms with Crippen molar-refractivity contribution in [3.8, 4) is 0 Å². The molecule has 1 aromatic carbocycles. The molecule has 1 unspecified atom stereocenters. The lowest BCUT2D eigenvalue weighted by Gasteiger charge is -2.15. The molecule has 1 N–H and O–H groups in total. The van der Waals surface area contributed by atoms with Crippen molar-refractivity contribution in [2.24, 2.45) is 0 Å². The molecule has 1 heterocycles. The van der Waals surface area contributed by atoms with Gasteiger partial charge in [-0.2, -0.15) is 13.2 Å². The SMILES string of the molecule is Cc1ccc(NCC2CCCO2)cc1C(F)(F)F. The first-order chi connectivity index (χ1) is 8.47. The van der Waals surface area contributed by atoms with Crippen molar-refractivity contribution in [3.05, 3.63) is 29.3 Å². The molecule has 1 saturated heterocycles. The lowest BCUT2D eigenvalue weighted by Crippen LogP contribution is -2.18. The molecule has 0 spiro atoms. The van der Waals surface area contributed by atoms with Crippen LogP contribution in [0.25, 0.3) is 0 Å². The van der Waals surface area contributed by atoms with Crippen LogP contribution in [-0.4, -0.2) is 19.3 Å². The summed E-state index contributed by atoms with van der Waals surface area (Å²) in [6.45, 7) is 2.76. The van der Waals surface area contributed by atoms with Gasteiger partial charge in [0.1, 0.15) is 0 Å². The van der Waals surface area contributed by atoms with Gasteiger partial charge in [-0.3, -0.25) is 0 Å². The van der Waals surface area contributed by atoms with Gasteiger partial charge in [-0.15, -0.1) is 0 Å². The van der Waals surface area contributed by atoms with Gasteiger partial charge in [-0.25, -0.2) is 0 Å². The maximum absolute atomic E-state index is 12.7. The topological polar surface area (TPSA) is 21.3 Å². The minimum absolute atomic E-state index is 0.112. The van der Waals surface area contributed by atoms with Crippen molar-refractivity contribution in [2.75, 3.05) is 18.5 Å². The largest absolute Gasteiger partial charge is 0.416 e. The maximum Gasteiger partial charge on any atom is 0.416 e. The van der Waals surface area contributed by atoms with Crippen LogP contribution in [0.4, 0.5) is 18.9 Å². The fourth-order valence-corrected chi connectivity index (χ4v) is 2.07. The van der Waals surface area contributed by atoms with Crippen molar-refractivity contribution < 1.29 is 17.9 Å². The summed E-state index contributed by atoms with van der Waals surface area (Å²) in [6.07, 6.45) is -2.20. The summed E-state index contributed by atoms with van der Waals surface area (Å²) < 4.78 is 43.6. The number of hydrogen-bond donors (Lipinski definition) is 1. The van der Waals surface area contributed by atoms with Gasteiger partial charge in [0.05, 0.1) is 11.7 Å². The zero-order valence-electron chi connectivity index (χ0n) is 10.2. The Kier molecular flexibility index (Phi) is 3.80. The Morgan fingerprint density at radius 3 is 2.78 bits per heavy atom. The Bertz CT molecular complexity index is 411. The number of rotatable bonds is 3. The van der Waals surface area contributed by atoms with Gasteiger partial charge in [-0.05, 0) is 37.5 Å². The van der Waals surface area contributed by atoms with Crippen LogP contribution in [-0.2, 0) is 10.9 Å². The number of benzene rings is 1. The van der Waals surface area contributed by atoms with Gasteiger partial charge in [0.2, 0.25) is 0 Å². The summed E-state index contributed by atoms with van der Waals surface area (Å²) in [5.41, 5.74) is 0.147. The molecular formula is C13H16F3NO. The molecule has 5 heteroatoms. The number of ether oxygens (including phenoxy) is 1. The first-order valence-corrected chi connectivity index (χ1v) is 6.00. The van der Waals surface area contributed by atoms with Gasteiger partial charge < -0.3 is 10.1 Å². The highest BCUT2D eigenvalue weighted by atomic mass is 19.4. The summed E-state index contributed by atoms with van der Waals surface area (Å²) >= 11 is 0. The maximum atomic E-state index is 12.7. The van der Waals surface area contributed by atoms with E-state index in [0.717, 1.165) is 25.5 Å². The van der Waals surface area contributed by atoms with Crippen molar-refractivity contribution in [1.29, 1.82) is 0 Å². The van der Waals surface area contributed by atoms with Gasteiger partial charge >= 0.3 is 6.18 Å². The molecule has 0 radical (unpaired) electrons. The van der Waals surface area contributed by atoms with Crippen LogP contribution < -0.4 is 5.32 Å². The van der Waals surface area contributed by atoms with E-state index in [2.05, 4.69) is 5.32 Å². The number of alkyl halides is 3. The first kappa shape index (κ1) is 13.2. The fourth-order valence-electron chi connectivity index (χ4n) is 2.07. The third-order valence-corrected chi connectivity index (χ3v) is 3.10. The van der Waals surface area contributed by atoms with Gasteiger partial charge in [0, 0.05) is 18.8 Å². The smallest absolute Gasteiger partial charge is 0.382 e. The van der Waals surface area contributed by atoms with Gasteiger partial charge in [-0.1, -0.05) is 6.07 Å². The van der Waals surface area contributed by atoms with E-state index >= 15 is 0 Å². The molecule has 2 rings (SSSR count). The molecule has 0 bridgehead atoms. The summed E-state index contributed by atoms with van der Waals surface area (Å²) in [7, 11) is 0. The monoisotopic (exact) mass is 259 g/mol. The standard InChI is InChI=1S/C13H16F3NO/c1-9-4-5-10(7-12(9)13(14,15)16)17-8-11-3-2-6-18-11/h4-5,7,11,17H,2-3,6,8H2,1H3. The summed E-state index contributed by atoms with van der Waals surface area (Å²) in [6, 6.07) is 4.31. The molecule has 18 heavy (non-hydrogen) atoms. The lowest BCUT2D eigenvalue weighted by atomic mass is 10.1. The third-order valence-electron chi connectivity index (χ3n) is 3.10. The van der Waals surface area contributed by atoms with Crippen molar-refractivity contribution >= 4 is 5.69 Å². The lowest BCUT2D eigenvalue weighted by molar-refractivity contribution is -0.138. The highest BCUT2D eigenvalue weighted by molar-refractivity contribution is 5.49. The van der Waals surface area contributed by atoms with Crippen LogP contribution in [0.1, 0.15) is 24.0 Å². The van der Waals surface area contributed by atoms with E-state index in [1.165, 1.54) is 13.0 Å². The average molecular weight is 259 g/mol. The number of halogens is 3. The Morgan fingerprint density at radius 1 is 1.39 bits per heavy atom. The van der Waals surface area contributed by atoms with E-state index in [1.807, 2.05) is 0 Å². The number of aryl methyl sites for hydroxylation is 1. The molecule has 1 aromatic rings. The van der Waals surface area contributed by atoms with Crippen LogP contribution in [0.3, 0.4) is 0 Å². The molecule has 0 amide bonds. The first-order valence-electron chi connectivity index (χ1n) is 6.00. The van der Waals surface area contributed by atoms with Crippen molar-refractivity contribution in [3.63, 3.8) is 0 Å². The van der Waals surface area contributed by atoms with E-state index in [1.54, 1.807) is 6.07 Å². The minimum Gasteiger partial charge on any atom is -0.382 e. The van der Waals surface area contributed by atoms with E-state index in [-0.39, 0.29) is 11.7 Å². The normalized spacial score (nSPS) is 20.1. The van der Waals surface area contributed by atoms with Crippen LogP contribution in [0, 0.1) is 6.92 Å². The Balaban J connectivity index is 2.04. The summed E-state index contributed by atoms with van der Waals surface area (Å²) in [5, 5.41) is 3.00. The van der Waals surface area contributed by atoms with Crippen LogP contribution >= 0.6 is 0 Å². The zero-order valence-corrected chi connectivity index (χ0v) is 10.2. The predicted molar refractivity (Wildman–Crippen MR) is 63.6 cm³/mol. The molecule has 0 aliphatic carbocycles. The van der Waals surface area contributed by atoms with E-state index in [0.29, 0.717) is 12.2 Å². The molecule has 100 valence electrons. The van der Waals surface area contributed by atoms with Crippen LogP contribution in [0.2, 0.25) is 0 Å². The van der Waals surface area contributed by atoms with Gasteiger partial charge in [0.25, 0.3) is 0 Å². The molecular weight excluding hydrogens is 243 g/mol. The molecule has 1 aliphatic rings. The highest BCUT2D eigenvalue weighted by Gasteiger charge is 2.32. The van der Waals surface area contributed by atoms with Gasteiger partial charge in [0.15, 0.2) is 0 Å². The zero-order chi connectivity index (χ0) is 13.2. The molecule has 1 atom stereocenters. The number of nitrogens with one attached hydrogen (secondary N) is 1. The highest BCUT2D eigenvalue weighted by Crippen LogP contribution is 2.33. The summed E-state index contributed by atoms with van der Waals surface area (Å²) in [4.78, 5) is 0. The second-order valence-electron chi connectivity index (χ2n) is 4.54. The van der Waals surface area contributed by atoms with Crippen molar-refractivity contribution in [1.82, 2.24) is 0 Å². The second kappa shape index (κ2) is 5.18. The molecule has 0 aromatic heterocycles. The van der Waals surface area contributed by atoms with E-state index in [4.69, 9.17) is 4.74 Å². The van der Waals surface area contributed by atoms with E-state index < -0.39 is 11.7 Å². The Labute approximate surface area is 104 Å². The number of anilines is 1. The molecule has 1 fully saturated rings. The Hall–Kier alpha value is -1.23. The fraction of sp³-hybridized carbons (Fsp3) is 0.538. The molecule has 2 nitrogen and oxygen atoms in total.